The van der Waals surface area contributed by atoms with Crippen LogP contribution in [0.15, 0.2) is 65.1 Å². The normalized spacial score (nSPS) is 21.5. The number of halogens is 1. The number of benzene rings is 3. The van der Waals surface area contributed by atoms with Crippen molar-refractivity contribution in [2.45, 2.75) is 18.2 Å². The first-order valence-corrected chi connectivity index (χ1v) is 10.3. The Hall–Kier alpha value is -1.92. The van der Waals surface area contributed by atoms with Crippen LogP contribution in [0.3, 0.4) is 0 Å². The van der Waals surface area contributed by atoms with Crippen molar-refractivity contribution in [1.82, 2.24) is 4.90 Å². The highest BCUT2D eigenvalue weighted by molar-refractivity contribution is 9.10. The third-order valence-corrected chi connectivity index (χ3v) is 6.21. The van der Waals surface area contributed by atoms with Crippen molar-refractivity contribution in [2.24, 2.45) is 0 Å². The minimum absolute atomic E-state index is 0.665. The van der Waals surface area contributed by atoms with Crippen LogP contribution in [0.4, 0.5) is 5.69 Å². The molecule has 0 saturated heterocycles. The molecular formula is C23H25BrN2O2. The zero-order valence-corrected chi connectivity index (χ0v) is 17.7. The molecule has 0 aromatic heterocycles. The number of hydrogen-bond acceptors (Lipinski definition) is 4. The second kappa shape index (κ2) is 7.48. The first-order chi connectivity index (χ1) is 13.4. The van der Waals surface area contributed by atoms with Gasteiger partial charge in [-0.2, -0.15) is 0 Å². The van der Waals surface area contributed by atoms with E-state index in [9.17, 15) is 10.2 Å². The minimum Gasteiger partial charge on any atom is -0.375 e. The molecule has 1 aliphatic rings. The Balaban J connectivity index is 1.81. The molecule has 0 bridgehead atoms. The molecule has 2 atom stereocenters. The van der Waals surface area contributed by atoms with Crippen molar-refractivity contribution >= 4 is 32.4 Å². The van der Waals surface area contributed by atoms with Gasteiger partial charge in [-0.25, -0.2) is 0 Å². The van der Waals surface area contributed by atoms with Crippen LogP contribution in [0.1, 0.15) is 17.5 Å². The number of nitrogens with zero attached hydrogens (tertiary/aromatic N) is 2. The van der Waals surface area contributed by atoms with Gasteiger partial charge in [-0.1, -0.05) is 58.4 Å². The van der Waals surface area contributed by atoms with E-state index in [1.54, 1.807) is 0 Å². The topological polar surface area (TPSA) is 46.9 Å². The second-order valence-electron chi connectivity index (χ2n) is 7.69. The van der Waals surface area contributed by atoms with E-state index in [0.717, 1.165) is 39.5 Å². The Morgan fingerprint density at radius 3 is 2.54 bits per heavy atom. The summed E-state index contributed by atoms with van der Waals surface area (Å²) in [7, 11) is 4.08. The molecule has 0 aliphatic carbocycles. The average molecular weight is 441 g/mol. The first-order valence-electron chi connectivity index (χ1n) is 9.53. The average Bonchev–Trinajstić information content (AvgIpc) is 2.91. The molecule has 28 heavy (non-hydrogen) atoms. The summed E-state index contributed by atoms with van der Waals surface area (Å²) in [4.78, 5) is 4.04. The highest BCUT2D eigenvalue weighted by atomic mass is 79.9. The van der Waals surface area contributed by atoms with E-state index in [-0.39, 0.29) is 0 Å². The lowest BCUT2D eigenvalue weighted by atomic mass is 9.85. The predicted octanol–water partition coefficient (Wildman–Crippen LogP) is 3.93. The number of rotatable bonds is 5. The molecule has 0 radical (unpaired) electrons. The summed E-state index contributed by atoms with van der Waals surface area (Å²) in [5.41, 5.74) is 0.790. The van der Waals surface area contributed by atoms with E-state index in [1.165, 1.54) is 0 Å². The van der Waals surface area contributed by atoms with Gasteiger partial charge >= 0.3 is 0 Å². The number of aliphatic hydroxyl groups is 2. The van der Waals surface area contributed by atoms with Crippen LogP contribution in [0.2, 0.25) is 0 Å². The van der Waals surface area contributed by atoms with Crippen LogP contribution >= 0.6 is 15.9 Å². The smallest absolute Gasteiger partial charge is 0.164 e. The van der Waals surface area contributed by atoms with Gasteiger partial charge < -0.3 is 20.0 Å². The third kappa shape index (κ3) is 3.12. The van der Waals surface area contributed by atoms with Crippen molar-refractivity contribution in [3.05, 3.63) is 76.3 Å². The van der Waals surface area contributed by atoms with Gasteiger partial charge in [-0.3, -0.25) is 0 Å². The maximum Gasteiger partial charge on any atom is 0.164 e. The van der Waals surface area contributed by atoms with Gasteiger partial charge in [0.05, 0.1) is 0 Å². The number of fused-ring (bicyclic) bond motifs is 2. The van der Waals surface area contributed by atoms with Gasteiger partial charge in [0.15, 0.2) is 11.8 Å². The van der Waals surface area contributed by atoms with Gasteiger partial charge in [0.25, 0.3) is 0 Å². The maximum absolute atomic E-state index is 11.9. The van der Waals surface area contributed by atoms with E-state index >= 15 is 0 Å². The molecule has 2 unspecified atom stereocenters. The highest BCUT2D eigenvalue weighted by Crippen LogP contribution is 2.50. The van der Waals surface area contributed by atoms with Crippen LogP contribution in [0.5, 0.6) is 0 Å². The monoisotopic (exact) mass is 440 g/mol. The van der Waals surface area contributed by atoms with Gasteiger partial charge in [0, 0.05) is 22.3 Å². The van der Waals surface area contributed by atoms with Crippen molar-refractivity contribution in [1.29, 1.82) is 0 Å². The van der Waals surface area contributed by atoms with Crippen molar-refractivity contribution in [2.75, 3.05) is 32.1 Å². The molecule has 4 nitrogen and oxygen atoms in total. The van der Waals surface area contributed by atoms with Crippen LogP contribution in [-0.4, -0.2) is 48.5 Å². The van der Waals surface area contributed by atoms with E-state index < -0.39 is 11.8 Å². The number of anilines is 1. The Labute approximate surface area is 174 Å². The summed E-state index contributed by atoms with van der Waals surface area (Å²) in [6.45, 7) is 1.58. The maximum atomic E-state index is 11.9. The predicted molar refractivity (Wildman–Crippen MR) is 118 cm³/mol. The summed E-state index contributed by atoms with van der Waals surface area (Å²) in [5, 5.41) is 25.3. The zero-order chi connectivity index (χ0) is 19.9. The molecule has 5 heteroatoms. The molecule has 0 saturated carbocycles. The lowest BCUT2D eigenvalue weighted by molar-refractivity contribution is -0.0388. The second-order valence-corrected chi connectivity index (χ2v) is 8.54. The Morgan fingerprint density at radius 1 is 1.04 bits per heavy atom. The fourth-order valence-corrected chi connectivity index (χ4v) is 4.79. The standard InChI is InChI=1S/C23H25BrN2O2/c1-25(2)13-6-14-26-20-10-5-9-19(24)21(20)23(28,22(26)27)18-12-11-16-7-3-4-8-17(16)15-18/h3-5,7-12,15,22,27-28H,6,13-14H2,1-2H3. The first kappa shape index (κ1) is 19.4. The largest absolute Gasteiger partial charge is 0.375 e. The molecule has 0 fully saturated rings. The van der Waals surface area contributed by atoms with E-state index in [2.05, 4.69) is 20.8 Å². The quantitative estimate of drug-likeness (QED) is 0.630. The van der Waals surface area contributed by atoms with Gasteiger partial charge in [-0.15, -0.1) is 0 Å². The molecule has 1 heterocycles. The van der Waals surface area contributed by atoms with E-state index in [1.807, 2.05) is 79.7 Å². The van der Waals surface area contributed by atoms with E-state index in [0.29, 0.717) is 12.1 Å². The highest BCUT2D eigenvalue weighted by Gasteiger charge is 2.51. The molecule has 3 aromatic carbocycles. The lowest BCUT2D eigenvalue weighted by Gasteiger charge is -2.32. The summed E-state index contributed by atoms with van der Waals surface area (Å²) in [5.74, 6) is 0. The molecule has 1 aliphatic heterocycles. The van der Waals surface area contributed by atoms with Crippen molar-refractivity contribution < 1.29 is 10.2 Å². The zero-order valence-electron chi connectivity index (χ0n) is 16.1. The molecule has 0 amide bonds. The van der Waals surface area contributed by atoms with E-state index in [4.69, 9.17) is 0 Å². The Bertz CT molecular complexity index is 1010. The molecule has 2 N–H and O–H groups in total. The van der Waals surface area contributed by atoms with Gasteiger partial charge in [-0.05, 0) is 61.6 Å². The van der Waals surface area contributed by atoms with Gasteiger partial charge in [0.2, 0.25) is 0 Å². The van der Waals surface area contributed by atoms with Crippen LogP contribution in [0, 0.1) is 0 Å². The fraction of sp³-hybridized carbons (Fsp3) is 0.304. The fourth-order valence-electron chi connectivity index (χ4n) is 4.14. The third-order valence-electron chi connectivity index (χ3n) is 5.54. The summed E-state index contributed by atoms with van der Waals surface area (Å²) < 4.78 is 0.801. The molecule has 146 valence electrons. The molecule has 4 rings (SSSR count). The lowest BCUT2D eigenvalue weighted by Crippen LogP contribution is -2.46. The summed E-state index contributed by atoms with van der Waals surface area (Å²) in [6, 6.07) is 19.8. The SMILES string of the molecule is CN(C)CCCN1c2cccc(Br)c2C(O)(c2ccc3ccccc3c2)C1O. The van der Waals surface area contributed by atoms with Crippen LogP contribution in [-0.2, 0) is 5.60 Å². The van der Waals surface area contributed by atoms with Crippen LogP contribution < -0.4 is 4.90 Å². The summed E-state index contributed by atoms with van der Waals surface area (Å²) >= 11 is 3.61. The molecule has 0 spiro atoms. The van der Waals surface area contributed by atoms with Crippen molar-refractivity contribution in [3.63, 3.8) is 0 Å². The van der Waals surface area contributed by atoms with Crippen LogP contribution in [0.25, 0.3) is 10.8 Å². The Kier molecular flexibility index (Phi) is 5.19. The number of aliphatic hydroxyl groups excluding tert-OH is 1. The summed E-state index contributed by atoms with van der Waals surface area (Å²) in [6.07, 6.45) is -0.159. The van der Waals surface area contributed by atoms with Crippen molar-refractivity contribution in [3.8, 4) is 0 Å². The molecule has 3 aromatic rings. The molecular weight excluding hydrogens is 416 g/mol. The Morgan fingerprint density at radius 2 is 1.79 bits per heavy atom. The number of hydrogen-bond donors (Lipinski definition) is 2. The van der Waals surface area contributed by atoms with Gasteiger partial charge in [0.1, 0.15) is 0 Å². The minimum atomic E-state index is -1.50.